The quantitative estimate of drug-likeness (QED) is 0.361. The lowest BCUT2D eigenvalue weighted by molar-refractivity contribution is -0.385. The average Bonchev–Trinajstić information content (AvgIpc) is 2.26. The van der Waals surface area contributed by atoms with E-state index in [1.54, 1.807) is 0 Å². The van der Waals surface area contributed by atoms with Crippen LogP contribution in [0, 0.1) is 10.1 Å². The van der Waals surface area contributed by atoms with Gasteiger partial charge in [0.25, 0.3) is 11.6 Å². The molecule has 1 aromatic heterocycles. The Kier molecular flexibility index (Phi) is 3.67. The summed E-state index contributed by atoms with van der Waals surface area (Å²) >= 11 is 4.46. The number of hydrazine groups is 1. The van der Waals surface area contributed by atoms with Crippen LogP contribution in [-0.4, -0.2) is 20.9 Å². The van der Waals surface area contributed by atoms with Crippen LogP contribution < -0.4 is 16.6 Å². The molecule has 0 bridgehead atoms. The molecule has 0 aliphatic carbocycles. The van der Waals surface area contributed by atoms with Crippen LogP contribution in [-0.2, 0) is 0 Å². The van der Waals surface area contributed by atoms with E-state index < -0.39 is 10.8 Å². The zero-order valence-electron chi connectivity index (χ0n) is 7.84. The summed E-state index contributed by atoms with van der Waals surface area (Å²) in [6.45, 7) is 0. The number of carbonyl (C=O) groups is 1. The zero-order valence-corrected chi connectivity index (χ0v) is 8.65. The van der Waals surface area contributed by atoms with Gasteiger partial charge in [-0.25, -0.2) is 0 Å². The Bertz CT molecular complexity index is 449. The van der Waals surface area contributed by atoms with Gasteiger partial charge in [0.1, 0.15) is 6.20 Å². The van der Waals surface area contributed by atoms with Gasteiger partial charge in [0.15, 0.2) is 5.11 Å². The molecule has 0 aliphatic heterocycles. The van der Waals surface area contributed by atoms with E-state index in [2.05, 4.69) is 28.1 Å². The Morgan fingerprint density at radius 3 is 2.75 bits per heavy atom. The zero-order chi connectivity index (χ0) is 12.1. The van der Waals surface area contributed by atoms with E-state index in [0.717, 1.165) is 12.3 Å². The highest BCUT2D eigenvalue weighted by Gasteiger charge is 2.11. The van der Waals surface area contributed by atoms with Crippen molar-refractivity contribution in [2.45, 2.75) is 0 Å². The first-order chi connectivity index (χ1) is 7.50. The molecule has 0 fully saturated rings. The van der Waals surface area contributed by atoms with Crippen LogP contribution in [0.25, 0.3) is 0 Å². The maximum atomic E-state index is 11.4. The van der Waals surface area contributed by atoms with E-state index in [1.165, 1.54) is 6.20 Å². The molecule has 1 rings (SSSR count). The summed E-state index contributed by atoms with van der Waals surface area (Å²) in [7, 11) is 0. The van der Waals surface area contributed by atoms with Crippen LogP contribution in [0.15, 0.2) is 18.5 Å². The van der Waals surface area contributed by atoms with Gasteiger partial charge in [0, 0.05) is 12.3 Å². The Labute approximate surface area is 95.0 Å². The summed E-state index contributed by atoms with van der Waals surface area (Å²) in [6.07, 6.45) is 2.22. The lowest BCUT2D eigenvalue weighted by atomic mass is 10.2. The third kappa shape index (κ3) is 3.13. The Balaban J connectivity index is 2.79. The molecule has 1 amide bonds. The van der Waals surface area contributed by atoms with Gasteiger partial charge >= 0.3 is 0 Å². The molecule has 1 heterocycles. The van der Waals surface area contributed by atoms with Gasteiger partial charge in [-0.15, -0.1) is 0 Å². The monoisotopic (exact) mass is 241 g/mol. The third-order valence-corrected chi connectivity index (χ3v) is 1.60. The Hall–Kier alpha value is -2.29. The highest BCUT2D eigenvalue weighted by Crippen LogP contribution is 2.10. The van der Waals surface area contributed by atoms with E-state index in [9.17, 15) is 14.9 Å². The minimum absolute atomic E-state index is 0.0259. The molecule has 0 unspecified atom stereocenters. The average molecular weight is 241 g/mol. The van der Waals surface area contributed by atoms with Crippen molar-refractivity contribution in [3.8, 4) is 0 Å². The fraction of sp³-hybridized carbons (Fsp3) is 0. The number of nitrogens with one attached hydrogen (secondary N) is 2. The summed E-state index contributed by atoms with van der Waals surface area (Å²) in [5.41, 5.74) is 9.18. The number of nitro groups is 1. The van der Waals surface area contributed by atoms with E-state index in [0.29, 0.717) is 0 Å². The smallest absolute Gasteiger partial charge is 0.288 e. The number of nitrogens with zero attached hydrogens (tertiary/aromatic N) is 2. The van der Waals surface area contributed by atoms with Crippen LogP contribution in [0.2, 0.25) is 0 Å². The second-order valence-corrected chi connectivity index (χ2v) is 3.07. The van der Waals surface area contributed by atoms with Crippen molar-refractivity contribution in [3.05, 3.63) is 34.1 Å². The van der Waals surface area contributed by atoms with Gasteiger partial charge < -0.3 is 5.73 Å². The summed E-state index contributed by atoms with van der Waals surface area (Å²) in [4.78, 5) is 24.7. The second-order valence-electron chi connectivity index (χ2n) is 2.63. The van der Waals surface area contributed by atoms with E-state index in [-0.39, 0.29) is 16.4 Å². The largest absolute Gasteiger partial charge is 0.375 e. The van der Waals surface area contributed by atoms with E-state index >= 15 is 0 Å². The lowest BCUT2D eigenvalue weighted by Gasteiger charge is -2.05. The summed E-state index contributed by atoms with van der Waals surface area (Å²) < 4.78 is 0. The molecule has 0 spiro atoms. The fourth-order valence-corrected chi connectivity index (χ4v) is 0.893. The van der Waals surface area contributed by atoms with Crippen molar-refractivity contribution in [1.29, 1.82) is 0 Å². The molecule has 8 nitrogen and oxygen atoms in total. The number of hydrogen-bond acceptors (Lipinski definition) is 5. The highest BCUT2D eigenvalue weighted by molar-refractivity contribution is 7.80. The topological polar surface area (TPSA) is 123 Å². The van der Waals surface area contributed by atoms with Gasteiger partial charge in [0.05, 0.1) is 10.5 Å². The standard InChI is InChI=1S/C7H7N5O3S/c8-7(16)11-10-6(13)4-1-5(12(14)15)3-9-2-4/h1-3H,(H,10,13)(H3,8,11,16). The first-order valence-corrected chi connectivity index (χ1v) is 4.37. The SMILES string of the molecule is NC(=S)NNC(=O)c1cncc([N+](=O)[O-])c1. The number of rotatable bonds is 2. The Morgan fingerprint density at radius 1 is 1.50 bits per heavy atom. The number of pyridine rings is 1. The van der Waals surface area contributed by atoms with Crippen LogP contribution in [0.3, 0.4) is 0 Å². The molecule has 0 aromatic carbocycles. The molecular weight excluding hydrogens is 234 g/mol. The normalized spacial score (nSPS) is 9.25. The van der Waals surface area contributed by atoms with Crippen LogP contribution in [0.5, 0.6) is 0 Å². The van der Waals surface area contributed by atoms with Crippen molar-refractivity contribution in [1.82, 2.24) is 15.8 Å². The first-order valence-electron chi connectivity index (χ1n) is 3.96. The van der Waals surface area contributed by atoms with Crippen molar-refractivity contribution < 1.29 is 9.72 Å². The van der Waals surface area contributed by atoms with Crippen molar-refractivity contribution in [2.75, 3.05) is 0 Å². The number of thiocarbonyl (C=S) groups is 1. The molecule has 0 atom stereocenters. The molecule has 9 heteroatoms. The lowest BCUT2D eigenvalue weighted by Crippen LogP contribution is -2.44. The predicted octanol–water partition coefficient (Wildman–Crippen LogP) is -0.532. The van der Waals surface area contributed by atoms with Gasteiger partial charge in [0.2, 0.25) is 0 Å². The number of aromatic nitrogens is 1. The van der Waals surface area contributed by atoms with Crippen molar-refractivity contribution >= 4 is 28.9 Å². The fourth-order valence-electron chi connectivity index (χ4n) is 0.842. The molecule has 0 radical (unpaired) electrons. The summed E-state index contributed by atoms with van der Waals surface area (Å²) in [5.74, 6) is -0.621. The minimum Gasteiger partial charge on any atom is -0.375 e. The third-order valence-electron chi connectivity index (χ3n) is 1.50. The van der Waals surface area contributed by atoms with Crippen molar-refractivity contribution in [2.24, 2.45) is 5.73 Å². The van der Waals surface area contributed by atoms with Gasteiger partial charge in [-0.2, -0.15) is 0 Å². The molecule has 1 aromatic rings. The second kappa shape index (κ2) is 4.98. The van der Waals surface area contributed by atoms with Crippen LogP contribution in [0.1, 0.15) is 10.4 Å². The van der Waals surface area contributed by atoms with Crippen molar-refractivity contribution in [3.63, 3.8) is 0 Å². The maximum Gasteiger partial charge on any atom is 0.288 e. The minimum atomic E-state index is -0.648. The Morgan fingerprint density at radius 2 is 2.19 bits per heavy atom. The molecule has 4 N–H and O–H groups in total. The molecule has 0 aliphatic rings. The molecule has 84 valence electrons. The van der Waals surface area contributed by atoms with Gasteiger partial charge in [-0.05, 0) is 12.2 Å². The number of amides is 1. The van der Waals surface area contributed by atoms with Gasteiger partial charge in [-0.1, -0.05) is 0 Å². The molecular formula is C7H7N5O3S. The first kappa shape index (κ1) is 11.8. The van der Waals surface area contributed by atoms with E-state index in [1.807, 2.05) is 0 Å². The predicted molar refractivity (Wildman–Crippen MR) is 58.3 cm³/mol. The molecule has 0 saturated heterocycles. The van der Waals surface area contributed by atoms with Crippen LogP contribution >= 0.6 is 12.2 Å². The molecule has 16 heavy (non-hydrogen) atoms. The summed E-state index contributed by atoms with van der Waals surface area (Å²) in [6, 6.07) is 1.09. The number of carbonyl (C=O) groups excluding carboxylic acids is 1. The number of hydrogen-bond donors (Lipinski definition) is 3. The highest BCUT2D eigenvalue weighted by atomic mass is 32.1. The van der Waals surface area contributed by atoms with Crippen LogP contribution in [0.4, 0.5) is 5.69 Å². The number of nitrogens with two attached hydrogens (primary N) is 1. The summed E-state index contributed by atoms with van der Waals surface area (Å²) in [5, 5.41) is 10.3. The van der Waals surface area contributed by atoms with E-state index in [4.69, 9.17) is 5.73 Å². The van der Waals surface area contributed by atoms with Gasteiger partial charge in [-0.3, -0.25) is 30.7 Å². The maximum absolute atomic E-state index is 11.4. The molecule has 0 saturated carbocycles.